The van der Waals surface area contributed by atoms with Gasteiger partial charge in [0.25, 0.3) is 0 Å². The first-order valence-electron chi connectivity index (χ1n) is 7.06. The Bertz CT molecular complexity index is 644. The van der Waals surface area contributed by atoms with E-state index >= 15 is 0 Å². The fourth-order valence-corrected chi connectivity index (χ4v) is 2.26. The third-order valence-corrected chi connectivity index (χ3v) is 4.12. The molecule has 0 atom stereocenters. The van der Waals surface area contributed by atoms with Crippen LogP contribution in [-0.4, -0.2) is 19.0 Å². The minimum atomic E-state index is -0.235. The highest BCUT2D eigenvalue weighted by Gasteiger charge is 2.03. The lowest BCUT2D eigenvalue weighted by Gasteiger charge is -2.08. The van der Waals surface area contributed by atoms with E-state index in [9.17, 15) is 9.18 Å². The number of hydrogen-bond donors (Lipinski definition) is 2. The van der Waals surface area contributed by atoms with Gasteiger partial charge in [-0.2, -0.15) is 0 Å². The van der Waals surface area contributed by atoms with Crippen LogP contribution in [0.15, 0.2) is 46.9 Å². The lowest BCUT2D eigenvalue weighted by atomic mass is 10.1. The first-order chi connectivity index (χ1) is 10.5. The number of carbonyl (C=O) groups excluding carboxylic acids is 1. The van der Waals surface area contributed by atoms with Gasteiger partial charge < -0.3 is 10.6 Å². The maximum Gasteiger partial charge on any atom is 0.238 e. The maximum atomic E-state index is 12.8. The summed E-state index contributed by atoms with van der Waals surface area (Å²) in [6, 6.07) is 12.1. The molecule has 5 heteroatoms. The number of nitrogens with one attached hydrogen (secondary N) is 2. The molecule has 0 heterocycles. The second-order valence-electron chi connectivity index (χ2n) is 5.07. The Kier molecular flexibility index (Phi) is 6.10. The molecule has 2 N–H and O–H groups in total. The monoisotopic (exact) mass is 364 g/mol. The fraction of sp³-hybridized carbons (Fsp3) is 0.235. The van der Waals surface area contributed by atoms with Crippen molar-refractivity contribution >= 4 is 27.5 Å². The van der Waals surface area contributed by atoms with Gasteiger partial charge in [-0.1, -0.05) is 28.1 Å². The zero-order valence-electron chi connectivity index (χ0n) is 12.3. The number of amides is 1. The van der Waals surface area contributed by atoms with Gasteiger partial charge >= 0.3 is 0 Å². The molecule has 2 rings (SSSR count). The summed E-state index contributed by atoms with van der Waals surface area (Å²) in [5.74, 6) is -0.318. The third kappa shape index (κ3) is 5.24. The van der Waals surface area contributed by atoms with Crippen molar-refractivity contribution in [3.05, 3.63) is 63.9 Å². The van der Waals surface area contributed by atoms with E-state index in [4.69, 9.17) is 0 Å². The van der Waals surface area contributed by atoms with E-state index in [1.807, 2.05) is 25.1 Å². The summed E-state index contributed by atoms with van der Waals surface area (Å²) >= 11 is 3.42. The molecular formula is C17H18BrFN2O. The molecule has 2 aromatic carbocycles. The number of carbonyl (C=O) groups is 1. The topological polar surface area (TPSA) is 41.1 Å². The van der Waals surface area contributed by atoms with E-state index in [2.05, 4.69) is 26.6 Å². The summed E-state index contributed by atoms with van der Waals surface area (Å²) in [7, 11) is 0. The summed E-state index contributed by atoms with van der Waals surface area (Å²) in [6.45, 7) is 2.88. The summed E-state index contributed by atoms with van der Waals surface area (Å²) < 4.78 is 13.8. The average Bonchev–Trinajstić information content (AvgIpc) is 2.49. The Morgan fingerprint density at radius 3 is 2.59 bits per heavy atom. The smallest absolute Gasteiger partial charge is 0.238 e. The molecule has 0 radical (unpaired) electrons. The third-order valence-electron chi connectivity index (χ3n) is 3.23. The van der Waals surface area contributed by atoms with Gasteiger partial charge in [0.1, 0.15) is 5.82 Å². The number of rotatable bonds is 6. The van der Waals surface area contributed by atoms with E-state index in [0.29, 0.717) is 6.54 Å². The van der Waals surface area contributed by atoms with Gasteiger partial charge in [0.2, 0.25) is 5.91 Å². The largest absolute Gasteiger partial charge is 0.325 e. The van der Waals surface area contributed by atoms with Crippen molar-refractivity contribution in [2.45, 2.75) is 13.3 Å². The van der Waals surface area contributed by atoms with Gasteiger partial charge in [0.05, 0.1) is 6.54 Å². The van der Waals surface area contributed by atoms with E-state index in [0.717, 1.165) is 27.7 Å². The molecule has 1 amide bonds. The molecule has 0 aliphatic carbocycles. The van der Waals surface area contributed by atoms with Crippen LogP contribution in [0.1, 0.15) is 11.1 Å². The molecule has 22 heavy (non-hydrogen) atoms. The molecule has 0 aliphatic rings. The molecule has 0 spiro atoms. The number of anilines is 1. The second-order valence-corrected chi connectivity index (χ2v) is 5.92. The summed E-state index contributed by atoms with van der Waals surface area (Å²) in [5.41, 5.74) is 2.89. The first-order valence-corrected chi connectivity index (χ1v) is 7.85. The van der Waals surface area contributed by atoms with E-state index in [-0.39, 0.29) is 18.3 Å². The number of hydrogen-bond acceptors (Lipinski definition) is 2. The number of aryl methyl sites for hydroxylation is 1. The number of benzene rings is 2. The van der Waals surface area contributed by atoms with Crippen LogP contribution in [0, 0.1) is 12.7 Å². The number of halogens is 2. The van der Waals surface area contributed by atoms with Gasteiger partial charge in [-0.25, -0.2) is 4.39 Å². The quantitative estimate of drug-likeness (QED) is 0.767. The van der Waals surface area contributed by atoms with Crippen molar-refractivity contribution in [3.8, 4) is 0 Å². The van der Waals surface area contributed by atoms with E-state index in [1.165, 1.54) is 12.1 Å². The standard InChI is InChI=1S/C17H18BrFN2O/c1-12-10-15(6-7-16(12)18)21-17(22)11-20-9-8-13-2-4-14(19)5-3-13/h2-7,10,20H,8-9,11H2,1H3,(H,21,22). The zero-order chi connectivity index (χ0) is 15.9. The minimum Gasteiger partial charge on any atom is -0.325 e. The zero-order valence-corrected chi connectivity index (χ0v) is 13.9. The molecule has 0 fully saturated rings. The Morgan fingerprint density at radius 2 is 1.91 bits per heavy atom. The molecule has 0 aliphatic heterocycles. The normalized spacial score (nSPS) is 10.5. The minimum absolute atomic E-state index is 0.0826. The first kappa shape index (κ1) is 16.6. The van der Waals surface area contributed by atoms with Crippen LogP contribution >= 0.6 is 15.9 Å². The highest BCUT2D eigenvalue weighted by Crippen LogP contribution is 2.19. The Labute approximate surface area is 138 Å². The molecule has 0 saturated heterocycles. The van der Waals surface area contributed by atoms with Crippen LogP contribution in [0.5, 0.6) is 0 Å². The molecule has 116 valence electrons. The van der Waals surface area contributed by atoms with Crippen LogP contribution in [0.3, 0.4) is 0 Å². The van der Waals surface area contributed by atoms with Gasteiger partial charge in [-0.15, -0.1) is 0 Å². The molecule has 2 aromatic rings. The fourth-order valence-electron chi connectivity index (χ4n) is 2.01. The van der Waals surface area contributed by atoms with Gasteiger partial charge in [-0.05, 0) is 61.3 Å². The molecular weight excluding hydrogens is 347 g/mol. The van der Waals surface area contributed by atoms with E-state index < -0.39 is 0 Å². The SMILES string of the molecule is Cc1cc(NC(=O)CNCCc2ccc(F)cc2)ccc1Br. The van der Waals surface area contributed by atoms with Crippen molar-refractivity contribution < 1.29 is 9.18 Å². The Balaban J connectivity index is 1.71. The predicted molar refractivity (Wildman–Crippen MR) is 90.5 cm³/mol. The Hall–Kier alpha value is -1.72. The van der Waals surface area contributed by atoms with Gasteiger partial charge in [0, 0.05) is 10.2 Å². The van der Waals surface area contributed by atoms with Crippen LogP contribution in [0.4, 0.5) is 10.1 Å². The summed E-state index contributed by atoms with van der Waals surface area (Å²) in [6.07, 6.45) is 0.755. The van der Waals surface area contributed by atoms with Crippen molar-refractivity contribution in [1.29, 1.82) is 0 Å². The molecule has 3 nitrogen and oxygen atoms in total. The molecule has 0 unspecified atom stereocenters. The van der Waals surface area contributed by atoms with Crippen LogP contribution in [0.25, 0.3) is 0 Å². The highest BCUT2D eigenvalue weighted by molar-refractivity contribution is 9.10. The van der Waals surface area contributed by atoms with Gasteiger partial charge in [-0.3, -0.25) is 4.79 Å². The predicted octanol–water partition coefficient (Wildman–Crippen LogP) is 3.67. The molecule has 0 bridgehead atoms. The lowest BCUT2D eigenvalue weighted by Crippen LogP contribution is -2.29. The molecule has 0 saturated carbocycles. The summed E-state index contributed by atoms with van der Waals surface area (Å²) in [4.78, 5) is 11.8. The van der Waals surface area contributed by atoms with Gasteiger partial charge in [0.15, 0.2) is 0 Å². The highest BCUT2D eigenvalue weighted by atomic mass is 79.9. The lowest BCUT2D eigenvalue weighted by molar-refractivity contribution is -0.115. The second kappa shape index (κ2) is 8.06. The van der Waals surface area contributed by atoms with Crippen LogP contribution < -0.4 is 10.6 Å². The molecule has 0 aromatic heterocycles. The van der Waals surface area contributed by atoms with Crippen molar-refractivity contribution in [2.24, 2.45) is 0 Å². The Morgan fingerprint density at radius 1 is 1.18 bits per heavy atom. The van der Waals surface area contributed by atoms with Crippen LogP contribution in [-0.2, 0) is 11.2 Å². The summed E-state index contributed by atoms with van der Waals surface area (Å²) in [5, 5.41) is 5.92. The maximum absolute atomic E-state index is 12.8. The van der Waals surface area contributed by atoms with E-state index in [1.54, 1.807) is 12.1 Å². The van der Waals surface area contributed by atoms with Crippen molar-refractivity contribution in [1.82, 2.24) is 5.32 Å². The van der Waals surface area contributed by atoms with Crippen molar-refractivity contribution in [2.75, 3.05) is 18.4 Å². The van der Waals surface area contributed by atoms with Crippen LogP contribution in [0.2, 0.25) is 0 Å². The van der Waals surface area contributed by atoms with Crippen molar-refractivity contribution in [3.63, 3.8) is 0 Å². The average molecular weight is 365 g/mol.